The Morgan fingerprint density at radius 2 is 1.90 bits per heavy atom. The van der Waals surface area contributed by atoms with Crippen LogP contribution in [0.15, 0.2) is 0 Å². The van der Waals surface area contributed by atoms with Crippen molar-refractivity contribution in [3.05, 3.63) is 0 Å². The van der Waals surface area contributed by atoms with Gasteiger partial charge in [-0.1, -0.05) is 0 Å². The molecular formula is C8H12FN. The van der Waals surface area contributed by atoms with Gasteiger partial charge in [-0.2, -0.15) is 5.26 Å². The van der Waals surface area contributed by atoms with Gasteiger partial charge in [-0.15, -0.1) is 0 Å². The van der Waals surface area contributed by atoms with E-state index in [-0.39, 0.29) is 0 Å². The summed E-state index contributed by atoms with van der Waals surface area (Å²) in [5.74, 6) is 0.483. The van der Waals surface area contributed by atoms with E-state index < -0.39 is 6.17 Å². The van der Waals surface area contributed by atoms with Gasteiger partial charge in [0, 0.05) is 6.42 Å². The Kier molecular flexibility index (Phi) is 2.68. The summed E-state index contributed by atoms with van der Waals surface area (Å²) in [5, 5.41) is 8.34. The normalized spacial score (nSPS) is 33.2. The Hall–Kier alpha value is -0.580. The summed E-state index contributed by atoms with van der Waals surface area (Å²) in [6, 6.07) is 2.13. The molecule has 1 rings (SSSR count). The summed E-state index contributed by atoms with van der Waals surface area (Å²) in [4.78, 5) is 0. The fourth-order valence-electron chi connectivity index (χ4n) is 1.45. The van der Waals surface area contributed by atoms with Crippen LogP contribution in [-0.4, -0.2) is 6.17 Å². The molecule has 0 aromatic carbocycles. The highest BCUT2D eigenvalue weighted by Gasteiger charge is 2.19. The molecule has 0 aliphatic heterocycles. The Balaban J connectivity index is 2.21. The number of hydrogen-bond acceptors (Lipinski definition) is 1. The van der Waals surface area contributed by atoms with E-state index in [1.165, 1.54) is 0 Å². The van der Waals surface area contributed by atoms with Crippen LogP contribution < -0.4 is 0 Å². The third-order valence-corrected chi connectivity index (χ3v) is 2.16. The molecule has 0 amide bonds. The minimum absolute atomic E-state index is 0.483. The van der Waals surface area contributed by atoms with Crippen LogP contribution in [0.25, 0.3) is 0 Å². The first-order valence-electron chi connectivity index (χ1n) is 3.84. The summed E-state index contributed by atoms with van der Waals surface area (Å²) in [6.07, 6.45) is 3.20. The fraction of sp³-hybridized carbons (Fsp3) is 0.875. The van der Waals surface area contributed by atoms with Crippen LogP contribution in [-0.2, 0) is 0 Å². The Bertz CT molecular complexity index is 131. The molecule has 0 heterocycles. The molecule has 1 aliphatic rings. The van der Waals surface area contributed by atoms with E-state index >= 15 is 0 Å². The van der Waals surface area contributed by atoms with E-state index in [2.05, 4.69) is 6.07 Å². The topological polar surface area (TPSA) is 23.8 Å². The molecule has 0 atom stereocenters. The van der Waals surface area contributed by atoms with Crippen LogP contribution in [0.2, 0.25) is 0 Å². The smallest absolute Gasteiger partial charge is 0.100 e. The van der Waals surface area contributed by atoms with E-state index in [0.29, 0.717) is 25.2 Å². The van der Waals surface area contributed by atoms with Crippen LogP contribution in [0.4, 0.5) is 4.39 Å². The van der Waals surface area contributed by atoms with Crippen LogP contribution in [0, 0.1) is 17.2 Å². The number of halogens is 1. The van der Waals surface area contributed by atoms with Gasteiger partial charge in [0.25, 0.3) is 0 Å². The van der Waals surface area contributed by atoms with Crippen molar-refractivity contribution in [2.24, 2.45) is 5.92 Å². The van der Waals surface area contributed by atoms with Crippen molar-refractivity contribution in [1.29, 1.82) is 5.26 Å². The van der Waals surface area contributed by atoms with E-state index in [4.69, 9.17) is 5.26 Å². The largest absolute Gasteiger partial charge is 0.247 e. The monoisotopic (exact) mass is 141 g/mol. The van der Waals surface area contributed by atoms with Gasteiger partial charge in [-0.05, 0) is 31.6 Å². The first kappa shape index (κ1) is 7.53. The van der Waals surface area contributed by atoms with Gasteiger partial charge in [0.2, 0.25) is 0 Å². The summed E-state index contributed by atoms with van der Waals surface area (Å²) in [5.41, 5.74) is 0. The van der Waals surface area contributed by atoms with Crippen molar-refractivity contribution in [2.45, 2.75) is 38.3 Å². The SMILES string of the molecule is N#CCC1CCC(F)CC1. The molecule has 10 heavy (non-hydrogen) atoms. The third-order valence-electron chi connectivity index (χ3n) is 2.16. The Morgan fingerprint density at radius 3 is 2.40 bits per heavy atom. The van der Waals surface area contributed by atoms with Gasteiger partial charge < -0.3 is 0 Å². The Labute approximate surface area is 60.8 Å². The van der Waals surface area contributed by atoms with Gasteiger partial charge in [0.1, 0.15) is 6.17 Å². The highest BCUT2D eigenvalue weighted by atomic mass is 19.1. The second kappa shape index (κ2) is 3.55. The lowest BCUT2D eigenvalue weighted by Crippen LogP contribution is -2.14. The molecule has 0 radical (unpaired) electrons. The number of rotatable bonds is 1. The maximum atomic E-state index is 12.5. The first-order valence-corrected chi connectivity index (χ1v) is 3.84. The van der Waals surface area contributed by atoms with Gasteiger partial charge in [-0.3, -0.25) is 0 Å². The van der Waals surface area contributed by atoms with Crippen molar-refractivity contribution in [3.8, 4) is 6.07 Å². The molecule has 2 heteroatoms. The average Bonchev–Trinajstić information content (AvgIpc) is 1.95. The molecule has 0 bridgehead atoms. The van der Waals surface area contributed by atoms with E-state index in [1.54, 1.807) is 0 Å². The van der Waals surface area contributed by atoms with Crippen molar-refractivity contribution in [2.75, 3.05) is 0 Å². The molecular weight excluding hydrogens is 129 g/mol. The van der Waals surface area contributed by atoms with Crippen molar-refractivity contribution in [1.82, 2.24) is 0 Å². The predicted octanol–water partition coefficient (Wildman–Crippen LogP) is 2.43. The molecule has 1 fully saturated rings. The average molecular weight is 141 g/mol. The zero-order chi connectivity index (χ0) is 7.40. The molecule has 0 spiro atoms. The van der Waals surface area contributed by atoms with Crippen LogP contribution in [0.5, 0.6) is 0 Å². The lowest BCUT2D eigenvalue weighted by Gasteiger charge is -2.21. The van der Waals surface area contributed by atoms with Crippen molar-refractivity contribution >= 4 is 0 Å². The van der Waals surface area contributed by atoms with E-state index in [0.717, 1.165) is 12.8 Å². The molecule has 0 N–H and O–H groups in total. The number of alkyl halides is 1. The van der Waals surface area contributed by atoms with Gasteiger partial charge in [0.15, 0.2) is 0 Å². The number of nitriles is 1. The van der Waals surface area contributed by atoms with Crippen molar-refractivity contribution in [3.63, 3.8) is 0 Å². The van der Waals surface area contributed by atoms with Crippen LogP contribution in [0.3, 0.4) is 0 Å². The highest BCUT2D eigenvalue weighted by Crippen LogP contribution is 2.27. The Morgan fingerprint density at radius 1 is 1.30 bits per heavy atom. The van der Waals surface area contributed by atoms with Crippen LogP contribution >= 0.6 is 0 Å². The summed E-state index contributed by atoms with van der Waals surface area (Å²) < 4.78 is 12.5. The van der Waals surface area contributed by atoms with Gasteiger partial charge >= 0.3 is 0 Å². The van der Waals surface area contributed by atoms with Gasteiger partial charge in [0.05, 0.1) is 6.07 Å². The lowest BCUT2D eigenvalue weighted by atomic mass is 9.86. The molecule has 0 saturated heterocycles. The van der Waals surface area contributed by atoms with E-state index in [9.17, 15) is 4.39 Å². The minimum Gasteiger partial charge on any atom is -0.247 e. The predicted molar refractivity (Wildman–Crippen MR) is 37.1 cm³/mol. The zero-order valence-electron chi connectivity index (χ0n) is 6.02. The second-order valence-corrected chi connectivity index (χ2v) is 2.98. The first-order chi connectivity index (χ1) is 4.83. The maximum Gasteiger partial charge on any atom is 0.100 e. The third kappa shape index (κ3) is 1.98. The summed E-state index contributed by atoms with van der Waals surface area (Å²) in [7, 11) is 0. The van der Waals surface area contributed by atoms with Gasteiger partial charge in [-0.25, -0.2) is 4.39 Å². The zero-order valence-corrected chi connectivity index (χ0v) is 6.02. The fourth-order valence-corrected chi connectivity index (χ4v) is 1.45. The minimum atomic E-state index is -0.588. The molecule has 56 valence electrons. The van der Waals surface area contributed by atoms with Crippen LogP contribution in [0.1, 0.15) is 32.1 Å². The summed E-state index contributed by atoms with van der Waals surface area (Å²) >= 11 is 0. The lowest BCUT2D eigenvalue weighted by molar-refractivity contribution is 0.209. The molecule has 1 nitrogen and oxygen atoms in total. The molecule has 0 unspecified atom stereocenters. The molecule has 1 saturated carbocycles. The number of hydrogen-bond donors (Lipinski definition) is 0. The van der Waals surface area contributed by atoms with Crippen molar-refractivity contribution < 1.29 is 4.39 Å². The standard InChI is InChI=1S/C8H12FN/c9-8-3-1-7(2-4-8)5-6-10/h7-8H,1-5H2. The molecule has 0 aromatic rings. The molecule has 0 aromatic heterocycles. The second-order valence-electron chi connectivity index (χ2n) is 2.98. The quantitative estimate of drug-likeness (QED) is 0.550. The number of nitrogens with zero attached hydrogens (tertiary/aromatic N) is 1. The molecule has 1 aliphatic carbocycles. The summed E-state index contributed by atoms with van der Waals surface area (Å²) in [6.45, 7) is 0. The van der Waals surface area contributed by atoms with E-state index in [1.807, 2.05) is 0 Å². The highest BCUT2D eigenvalue weighted by molar-refractivity contribution is 4.80. The maximum absolute atomic E-state index is 12.5.